The Balaban J connectivity index is 1.69. The van der Waals surface area contributed by atoms with Crippen LogP contribution in [-0.2, 0) is 16.1 Å². The number of fused-ring (bicyclic) bond motifs is 1. The molecular weight excluding hydrogens is 302 g/mol. The number of ether oxygens (including phenoxy) is 1. The van der Waals surface area contributed by atoms with E-state index in [1.807, 2.05) is 6.07 Å². The van der Waals surface area contributed by atoms with Crippen molar-refractivity contribution in [1.29, 1.82) is 0 Å². The molecule has 0 radical (unpaired) electrons. The van der Waals surface area contributed by atoms with Crippen molar-refractivity contribution in [3.8, 4) is 0 Å². The molecule has 2 aliphatic rings. The third kappa shape index (κ3) is 3.33. The Labute approximate surface area is 136 Å². The zero-order chi connectivity index (χ0) is 15.5. The first-order chi connectivity index (χ1) is 10.7. The van der Waals surface area contributed by atoms with E-state index < -0.39 is 0 Å². The van der Waals surface area contributed by atoms with Crippen LogP contribution in [0.2, 0.25) is 5.15 Å². The van der Waals surface area contributed by atoms with Gasteiger partial charge in [-0.05, 0) is 24.5 Å². The number of carbonyl (C=O) groups excluding carboxylic acids is 1. The number of Topliss-reactive ketones (excluding diaryl/α,β-unsaturated/α-hetero) is 1. The molecule has 2 aliphatic heterocycles. The molecule has 120 valence electrons. The predicted molar refractivity (Wildman–Crippen MR) is 84.4 cm³/mol. The molecule has 0 bridgehead atoms. The van der Waals surface area contributed by atoms with Crippen LogP contribution in [0.1, 0.15) is 31.7 Å². The highest BCUT2D eigenvalue weighted by atomic mass is 35.5. The summed E-state index contributed by atoms with van der Waals surface area (Å²) in [5, 5.41) is 0.494. The molecule has 1 aromatic heterocycles. The topological polar surface area (TPSA) is 45.7 Å². The van der Waals surface area contributed by atoms with E-state index in [1.165, 1.54) is 0 Å². The highest BCUT2D eigenvalue weighted by Gasteiger charge is 2.44. The SMILES string of the molecule is CCCOC1CCC(=O)C2N(Cc3ccc(Cl)nc3)CCN12. The average molecular weight is 324 g/mol. The van der Waals surface area contributed by atoms with Gasteiger partial charge in [0.25, 0.3) is 0 Å². The largest absolute Gasteiger partial charge is 0.363 e. The van der Waals surface area contributed by atoms with E-state index in [9.17, 15) is 4.79 Å². The number of piperidine rings is 1. The van der Waals surface area contributed by atoms with Crippen molar-refractivity contribution in [3.05, 3.63) is 29.0 Å². The van der Waals surface area contributed by atoms with Gasteiger partial charge in [-0.2, -0.15) is 0 Å². The molecule has 2 saturated heterocycles. The van der Waals surface area contributed by atoms with Gasteiger partial charge in [-0.25, -0.2) is 4.98 Å². The van der Waals surface area contributed by atoms with Crippen molar-refractivity contribution in [1.82, 2.24) is 14.8 Å². The predicted octanol–water partition coefficient (Wildman–Crippen LogP) is 2.29. The van der Waals surface area contributed by atoms with Gasteiger partial charge in [-0.3, -0.25) is 14.6 Å². The summed E-state index contributed by atoms with van der Waals surface area (Å²) in [6.07, 6.45) is 4.13. The Morgan fingerprint density at radius 1 is 1.41 bits per heavy atom. The number of rotatable bonds is 5. The second-order valence-corrected chi connectivity index (χ2v) is 6.29. The first-order valence-electron chi connectivity index (χ1n) is 7.93. The minimum atomic E-state index is -0.147. The van der Waals surface area contributed by atoms with Crippen molar-refractivity contribution in [2.45, 2.75) is 45.1 Å². The molecule has 22 heavy (non-hydrogen) atoms. The van der Waals surface area contributed by atoms with E-state index in [-0.39, 0.29) is 12.4 Å². The van der Waals surface area contributed by atoms with Crippen LogP contribution in [-0.4, -0.2) is 52.7 Å². The Kier molecular flexibility index (Phi) is 5.08. The van der Waals surface area contributed by atoms with Crippen LogP contribution in [0.4, 0.5) is 0 Å². The molecule has 1 aromatic rings. The molecule has 0 aromatic carbocycles. The number of hydrogen-bond donors (Lipinski definition) is 0. The number of nitrogens with zero attached hydrogens (tertiary/aromatic N) is 3. The number of pyridine rings is 1. The lowest BCUT2D eigenvalue weighted by molar-refractivity contribution is -0.149. The lowest BCUT2D eigenvalue weighted by atomic mass is 10.1. The Morgan fingerprint density at radius 2 is 2.27 bits per heavy atom. The van der Waals surface area contributed by atoms with E-state index in [0.29, 0.717) is 17.4 Å². The molecule has 2 atom stereocenters. The second kappa shape index (κ2) is 7.04. The van der Waals surface area contributed by atoms with Gasteiger partial charge in [0.2, 0.25) is 0 Å². The minimum absolute atomic E-state index is 0.0796. The third-order valence-corrected chi connectivity index (χ3v) is 4.51. The summed E-state index contributed by atoms with van der Waals surface area (Å²) in [6, 6.07) is 3.76. The van der Waals surface area contributed by atoms with E-state index in [1.54, 1.807) is 12.3 Å². The summed E-state index contributed by atoms with van der Waals surface area (Å²) in [5.41, 5.74) is 1.08. The van der Waals surface area contributed by atoms with Gasteiger partial charge in [-0.15, -0.1) is 0 Å². The standard InChI is InChI=1S/C16H22ClN3O2/c1-2-9-22-15-6-4-13(21)16-19(7-8-20(15)16)11-12-3-5-14(17)18-10-12/h3,5,10,15-16H,2,4,6-9,11H2,1H3. The maximum atomic E-state index is 12.4. The summed E-state index contributed by atoms with van der Waals surface area (Å²) in [4.78, 5) is 20.9. The van der Waals surface area contributed by atoms with Crippen molar-refractivity contribution >= 4 is 17.4 Å². The fourth-order valence-electron chi connectivity index (χ4n) is 3.28. The number of hydrogen-bond acceptors (Lipinski definition) is 5. The van der Waals surface area contributed by atoms with Crippen LogP contribution in [0.5, 0.6) is 0 Å². The van der Waals surface area contributed by atoms with E-state index in [0.717, 1.165) is 44.6 Å². The number of halogens is 1. The van der Waals surface area contributed by atoms with Crippen molar-refractivity contribution in [2.75, 3.05) is 19.7 Å². The molecular formula is C16H22ClN3O2. The van der Waals surface area contributed by atoms with Crippen molar-refractivity contribution in [2.24, 2.45) is 0 Å². The third-order valence-electron chi connectivity index (χ3n) is 4.29. The van der Waals surface area contributed by atoms with Gasteiger partial charge in [0, 0.05) is 38.9 Å². The maximum Gasteiger partial charge on any atom is 0.164 e. The summed E-state index contributed by atoms with van der Waals surface area (Å²) in [7, 11) is 0. The van der Waals surface area contributed by atoms with Gasteiger partial charge < -0.3 is 4.74 Å². The van der Waals surface area contributed by atoms with E-state index in [2.05, 4.69) is 21.7 Å². The van der Waals surface area contributed by atoms with Crippen molar-refractivity contribution in [3.63, 3.8) is 0 Å². The molecule has 0 amide bonds. The number of ketones is 1. The van der Waals surface area contributed by atoms with Crippen LogP contribution in [0, 0.1) is 0 Å². The lowest BCUT2D eigenvalue weighted by Crippen LogP contribution is -2.53. The lowest BCUT2D eigenvalue weighted by Gasteiger charge is -2.38. The quantitative estimate of drug-likeness (QED) is 0.778. The summed E-state index contributed by atoms with van der Waals surface area (Å²) in [6.45, 7) is 5.34. The highest BCUT2D eigenvalue weighted by molar-refractivity contribution is 6.29. The monoisotopic (exact) mass is 323 g/mol. The van der Waals surface area contributed by atoms with Crippen LogP contribution in [0.25, 0.3) is 0 Å². The number of aromatic nitrogens is 1. The molecule has 6 heteroatoms. The number of carbonyl (C=O) groups is 1. The van der Waals surface area contributed by atoms with Crippen LogP contribution < -0.4 is 0 Å². The van der Waals surface area contributed by atoms with Crippen LogP contribution >= 0.6 is 11.6 Å². The van der Waals surface area contributed by atoms with Gasteiger partial charge >= 0.3 is 0 Å². The van der Waals surface area contributed by atoms with Gasteiger partial charge in [0.15, 0.2) is 5.78 Å². The Morgan fingerprint density at radius 3 is 3.00 bits per heavy atom. The van der Waals surface area contributed by atoms with E-state index >= 15 is 0 Å². The Bertz CT molecular complexity index is 523. The summed E-state index contributed by atoms with van der Waals surface area (Å²) in [5.74, 6) is 0.302. The zero-order valence-corrected chi connectivity index (χ0v) is 13.6. The molecule has 2 unspecified atom stereocenters. The molecule has 3 rings (SSSR count). The van der Waals surface area contributed by atoms with Gasteiger partial charge in [0.1, 0.15) is 17.5 Å². The normalized spacial score (nSPS) is 26.4. The van der Waals surface area contributed by atoms with E-state index in [4.69, 9.17) is 16.3 Å². The fraction of sp³-hybridized carbons (Fsp3) is 0.625. The molecule has 3 heterocycles. The molecule has 0 spiro atoms. The molecule has 0 N–H and O–H groups in total. The van der Waals surface area contributed by atoms with Crippen LogP contribution in [0.15, 0.2) is 18.3 Å². The Hall–Kier alpha value is -1.01. The molecule has 0 aliphatic carbocycles. The smallest absolute Gasteiger partial charge is 0.164 e. The second-order valence-electron chi connectivity index (χ2n) is 5.90. The molecule has 0 saturated carbocycles. The average Bonchev–Trinajstić information content (AvgIpc) is 2.94. The molecule has 2 fully saturated rings. The first kappa shape index (κ1) is 15.9. The summed E-state index contributed by atoms with van der Waals surface area (Å²) >= 11 is 5.83. The first-order valence-corrected chi connectivity index (χ1v) is 8.31. The minimum Gasteiger partial charge on any atom is -0.363 e. The summed E-state index contributed by atoms with van der Waals surface area (Å²) < 4.78 is 5.93. The maximum absolute atomic E-state index is 12.4. The van der Waals surface area contributed by atoms with Crippen LogP contribution in [0.3, 0.4) is 0 Å². The fourth-order valence-corrected chi connectivity index (χ4v) is 3.39. The molecule has 5 nitrogen and oxygen atoms in total. The van der Waals surface area contributed by atoms with Gasteiger partial charge in [0.05, 0.1) is 0 Å². The van der Waals surface area contributed by atoms with Gasteiger partial charge in [-0.1, -0.05) is 24.6 Å². The highest BCUT2D eigenvalue weighted by Crippen LogP contribution is 2.29. The zero-order valence-electron chi connectivity index (χ0n) is 12.9. The van der Waals surface area contributed by atoms with Crippen molar-refractivity contribution < 1.29 is 9.53 Å².